The van der Waals surface area contributed by atoms with Crippen LogP contribution in [-0.4, -0.2) is 28.6 Å². The first-order valence-corrected chi connectivity index (χ1v) is 7.81. The molecule has 2 rings (SSSR count). The van der Waals surface area contributed by atoms with E-state index in [0.29, 0.717) is 12.4 Å². The normalized spacial score (nSPS) is 15.1. The molecule has 116 valence electrons. The Labute approximate surface area is 125 Å². The second-order valence-corrected chi connectivity index (χ2v) is 5.60. The number of hydrogen-bond donors (Lipinski definition) is 3. The summed E-state index contributed by atoms with van der Waals surface area (Å²) in [6.07, 6.45) is 6.45. The highest BCUT2D eigenvalue weighted by Gasteiger charge is 2.22. The Balaban J connectivity index is 1.65. The number of carbonyl (C=O) groups is 2. The molecule has 0 radical (unpaired) electrons. The summed E-state index contributed by atoms with van der Waals surface area (Å²) in [5, 5.41) is 12.5. The maximum Gasteiger partial charge on any atom is 0.227 e. The van der Waals surface area contributed by atoms with E-state index in [1.165, 1.54) is 0 Å². The van der Waals surface area contributed by atoms with Gasteiger partial charge in [-0.05, 0) is 19.3 Å². The van der Waals surface area contributed by atoms with E-state index in [9.17, 15) is 9.59 Å². The van der Waals surface area contributed by atoms with Crippen molar-refractivity contribution >= 4 is 17.6 Å². The lowest BCUT2D eigenvalue weighted by Gasteiger charge is -2.09. The largest absolute Gasteiger partial charge is 0.355 e. The van der Waals surface area contributed by atoms with Crippen LogP contribution in [0.2, 0.25) is 0 Å². The molecule has 1 aliphatic rings. The molecular formula is C15H24N4O2. The molecule has 0 unspecified atom stereocenters. The van der Waals surface area contributed by atoms with Gasteiger partial charge in [-0.15, -0.1) is 0 Å². The lowest BCUT2D eigenvalue weighted by molar-refractivity contribution is -0.124. The highest BCUT2D eigenvalue weighted by molar-refractivity contribution is 5.90. The number of rotatable bonds is 7. The van der Waals surface area contributed by atoms with Crippen LogP contribution in [0.5, 0.6) is 0 Å². The van der Waals surface area contributed by atoms with Crippen LogP contribution in [0, 0.1) is 5.92 Å². The predicted octanol–water partition coefficient (Wildman–Crippen LogP) is 2.00. The van der Waals surface area contributed by atoms with Crippen LogP contribution >= 0.6 is 0 Å². The van der Waals surface area contributed by atoms with Crippen molar-refractivity contribution in [1.82, 2.24) is 15.5 Å². The van der Waals surface area contributed by atoms with Crippen molar-refractivity contribution in [2.24, 2.45) is 5.92 Å². The monoisotopic (exact) mass is 292 g/mol. The number of nitrogens with one attached hydrogen (secondary N) is 3. The molecule has 1 aromatic heterocycles. The van der Waals surface area contributed by atoms with E-state index in [0.717, 1.165) is 44.2 Å². The molecule has 0 spiro atoms. The minimum Gasteiger partial charge on any atom is -0.355 e. The molecule has 0 atom stereocenters. The van der Waals surface area contributed by atoms with Gasteiger partial charge in [-0.3, -0.25) is 14.7 Å². The summed E-state index contributed by atoms with van der Waals surface area (Å²) in [7, 11) is 0. The van der Waals surface area contributed by atoms with E-state index in [1.54, 1.807) is 0 Å². The van der Waals surface area contributed by atoms with Crippen molar-refractivity contribution in [3.8, 4) is 0 Å². The van der Waals surface area contributed by atoms with Crippen molar-refractivity contribution < 1.29 is 9.59 Å². The van der Waals surface area contributed by atoms with E-state index < -0.39 is 0 Å². The molecule has 6 heteroatoms. The second-order valence-electron chi connectivity index (χ2n) is 5.60. The van der Waals surface area contributed by atoms with Gasteiger partial charge in [0.05, 0.1) is 0 Å². The highest BCUT2D eigenvalue weighted by atomic mass is 16.2. The maximum atomic E-state index is 11.8. The number of anilines is 1. The summed E-state index contributed by atoms with van der Waals surface area (Å²) in [4.78, 5) is 23.6. The fourth-order valence-electron chi connectivity index (χ4n) is 2.66. The third-order valence-corrected chi connectivity index (χ3v) is 3.79. The summed E-state index contributed by atoms with van der Waals surface area (Å²) in [6, 6.07) is 1.85. The molecule has 21 heavy (non-hydrogen) atoms. The fourth-order valence-corrected chi connectivity index (χ4v) is 2.66. The number of nitrogens with zero attached hydrogens (tertiary/aromatic N) is 1. The first-order chi connectivity index (χ1) is 10.2. The topological polar surface area (TPSA) is 86.9 Å². The number of carbonyl (C=O) groups excluding carboxylic acids is 2. The number of H-pyrrole nitrogens is 1. The number of amides is 2. The minimum atomic E-state index is -0.128. The van der Waals surface area contributed by atoms with Crippen LogP contribution in [0.25, 0.3) is 0 Å². The van der Waals surface area contributed by atoms with Gasteiger partial charge in [0.15, 0.2) is 5.82 Å². The Hall–Kier alpha value is -1.85. The van der Waals surface area contributed by atoms with E-state index >= 15 is 0 Å². The van der Waals surface area contributed by atoms with Crippen LogP contribution in [0.4, 0.5) is 5.82 Å². The smallest absolute Gasteiger partial charge is 0.227 e. The number of aryl methyl sites for hydroxylation is 1. The predicted molar refractivity (Wildman–Crippen MR) is 80.8 cm³/mol. The number of aromatic amines is 1. The van der Waals surface area contributed by atoms with Crippen LogP contribution < -0.4 is 10.6 Å². The molecule has 1 fully saturated rings. The van der Waals surface area contributed by atoms with Gasteiger partial charge in [-0.25, -0.2) is 0 Å². The van der Waals surface area contributed by atoms with Gasteiger partial charge in [0.25, 0.3) is 0 Å². The van der Waals surface area contributed by atoms with Crippen LogP contribution in [0.15, 0.2) is 6.07 Å². The molecule has 2 amide bonds. The minimum absolute atomic E-state index is 0.0882. The van der Waals surface area contributed by atoms with Crippen molar-refractivity contribution in [3.63, 3.8) is 0 Å². The Morgan fingerprint density at radius 3 is 2.86 bits per heavy atom. The highest BCUT2D eigenvalue weighted by Crippen LogP contribution is 2.24. The van der Waals surface area contributed by atoms with Gasteiger partial charge in [-0.1, -0.05) is 26.2 Å². The molecule has 1 saturated carbocycles. The molecule has 0 saturated heterocycles. The quantitative estimate of drug-likeness (QED) is 0.718. The summed E-state index contributed by atoms with van der Waals surface area (Å²) >= 11 is 0. The Morgan fingerprint density at radius 1 is 1.38 bits per heavy atom. The van der Waals surface area contributed by atoms with Crippen molar-refractivity contribution in [3.05, 3.63) is 11.8 Å². The molecule has 1 aliphatic carbocycles. The lowest BCUT2D eigenvalue weighted by Crippen LogP contribution is -2.32. The first kappa shape index (κ1) is 15.5. The van der Waals surface area contributed by atoms with E-state index in [-0.39, 0.29) is 24.2 Å². The molecular weight excluding hydrogens is 268 g/mol. The van der Waals surface area contributed by atoms with Crippen LogP contribution in [-0.2, 0) is 16.0 Å². The molecule has 3 N–H and O–H groups in total. The molecule has 6 nitrogen and oxygen atoms in total. The average molecular weight is 292 g/mol. The Kier molecular flexibility index (Phi) is 5.78. The molecule has 1 aromatic rings. The maximum absolute atomic E-state index is 11.8. The SMILES string of the molecule is CCCc1cc(NC(=O)CCNC(=O)C2CCCC2)n[nH]1. The summed E-state index contributed by atoms with van der Waals surface area (Å²) < 4.78 is 0. The molecule has 1 heterocycles. The van der Waals surface area contributed by atoms with Crippen molar-refractivity contribution in [2.45, 2.75) is 51.9 Å². The standard InChI is InChI=1S/C15H24N4O2/c1-2-5-12-10-13(19-18-12)17-14(20)8-9-16-15(21)11-6-3-4-7-11/h10-11H,2-9H2,1H3,(H,16,21)(H2,17,18,19,20). The zero-order valence-electron chi connectivity index (χ0n) is 12.6. The van der Waals surface area contributed by atoms with Gasteiger partial charge in [-0.2, -0.15) is 5.10 Å². The first-order valence-electron chi connectivity index (χ1n) is 7.81. The third kappa shape index (κ3) is 4.88. The molecule has 0 aromatic carbocycles. The number of aromatic nitrogens is 2. The van der Waals surface area contributed by atoms with Gasteiger partial charge in [0.2, 0.25) is 11.8 Å². The van der Waals surface area contributed by atoms with E-state index in [2.05, 4.69) is 27.8 Å². The third-order valence-electron chi connectivity index (χ3n) is 3.79. The summed E-state index contributed by atoms with van der Waals surface area (Å²) in [5.41, 5.74) is 1.02. The van der Waals surface area contributed by atoms with Gasteiger partial charge < -0.3 is 10.6 Å². The van der Waals surface area contributed by atoms with Crippen molar-refractivity contribution in [1.29, 1.82) is 0 Å². The van der Waals surface area contributed by atoms with Gasteiger partial charge in [0, 0.05) is 30.6 Å². The Morgan fingerprint density at radius 2 is 2.14 bits per heavy atom. The summed E-state index contributed by atoms with van der Waals surface area (Å²) in [5.74, 6) is 0.656. The zero-order chi connectivity index (χ0) is 15.1. The molecule has 0 bridgehead atoms. The van der Waals surface area contributed by atoms with E-state index in [4.69, 9.17) is 0 Å². The van der Waals surface area contributed by atoms with Crippen molar-refractivity contribution in [2.75, 3.05) is 11.9 Å². The fraction of sp³-hybridized carbons (Fsp3) is 0.667. The van der Waals surface area contributed by atoms with Gasteiger partial charge >= 0.3 is 0 Å². The average Bonchev–Trinajstić information content (AvgIpc) is 3.10. The summed E-state index contributed by atoms with van der Waals surface area (Å²) in [6.45, 7) is 2.47. The lowest BCUT2D eigenvalue weighted by atomic mass is 10.1. The van der Waals surface area contributed by atoms with E-state index in [1.807, 2.05) is 6.07 Å². The zero-order valence-corrected chi connectivity index (χ0v) is 12.6. The van der Waals surface area contributed by atoms with Gasteiger partial charge in [0.1, 0.15) is 0 Å². The second kappa shape index (κ2) is 7.81. The molecule has 0 aliphatic heterocycles. The van der Waals surface area contributed by atoms with Crippen LogP contribution in [0.3, 0.4) is 0 Å². The Bertz CT molecular complexity index is 478. The number of hydrogen-bond acceptors (Lipinski definition) is 3. The van der Waals surface area contributed by atoms with Crippen LogP contribution in [0.1, 0.15) is 51.1 Å².